The fourth-order valence-corrected chi connectivity index (χ4v) is 14.4. The van der Waals surface area contributed by atoms with Crippen molar-refractivity contribution in [3.63, 3.8) is 0 Å². The van der Waals surface area contributed by atoms with E-state index in [9.17, 15) is 14.9 Å². The van der Waals surface area contributed by atoms with Crippen LogP contribution >= 0.6 is 31.9 Å². The van der Waals surface area contributed by atoms with E-state index in [2.05, 4.69) is 167 Å². The molecule has 8 aliphatic rings. The lowest BCUT2D eigenvalue weighted by Gasteiger charge is -2.25. The zero-order valence-electron chi connectivity index (χ0n) is 51.8. The highest BCUT2D eigenvalue weighted by molar-refractivity contribution is 9.10. The topological polar surface area (TPSA) is 226 Å². The minimum absolute atomic E-state index is 0. The molecule has 0 radical (unpaired) electrons. The molecule has 3 aromatic carbocycles. The second kappa shape index (κ2) is 26.1. The first-order valence-corrected chi connectivity index (χ1v) is 33.4. The largest absolute Gasteiger partial charge is 0.343 e. The number of nitrogens with zero attached hydrogens (tertiary/aromatic N) is 15. The van der Waals surface area contributed by atoms with Gasteiger partial charge in [-0.2, -0.15) is 15.2 Å². The fourth-order valence-electron chi connectivity index (χ4n) is 12.8. The predicted molar refractivity (Wildman–Crippen MR) is 373 cm³/mol. The third-order valence-corrected chi connectivity index (χ3v) is 20.7. The molecular weight excluding hydrogens is 1300 g/mol. The quantitative estimate of drug-likeness (QED) is 0.0772. The van der Waals surface area contributed by atoms with Crippen LogP contribution in [0.25, 0.3) is 17.1 Å². The molecular formula is C71H88Br2N18O2. The monoisotopic (exact) mass is 1380 g/mol. The molecule has 93 heavy (non-hydrogen) atoms. The Morgan fingerprint density at radius 2 is 0.914 bits per heavy atom. The van der Waals surface area contributed by atoms with Gasteiger partial charge >= 0.3 is 12.1 Å². The Kier molecular flexibility index (Phi) is 18.6. The van der Waals surface area contributed by atoms with E-state index in [1.165, 1.54) is 60.9 Å². The Labute approximate surface area is 564 Å². The van der Waals surface area contributed by atoms with Crippen molar-refractivity contribution in [1.29, 1.82) is 5.26 Å². The van der Waals surface area contributed by atoms with Crippen LogP contribution in [0.4, 0.5) is 33.1 Å². The number of amides is 4. The van der Waals surface area contributed by atoms with E-state index in [1.54, 1.807) is 44.4 Å². The summed E-state index contributed by atoms with van der Waals surface area (Å²) < 4.78 is 8.02. The van der Waals surface area contributed by atoms with Gasteiger partial charge < -0.3 is 26.2 Å². The maximum Gasteiger partial charge on any atom is 0.325 e. The van der Waals surface area contributed by atoms with E-state index < -0.39 is 5.54 Å². The number of benzene rings is 3. The maximum atomic E-state index is 12.9. The number of likely N-dealkylation sites (N-methyl/N-ethyl adjacent to an activating group) is 2. The molecule has 20 nitrogen and oxygen atoms in total. The first-order valence-electron chi connectivity index (χ1n) is 31.8. The van der Waals surface area contributed by atoms with Gasteiger partial charge in [-0.1, -0.05) is 86.4 Å². The number of nitriles is 1. The van der Waals surface area contributed by atoms with Crippen molar-refractivity contribution in [2.75, 3.05) is 47.6 Å². The number of nitrogens with two attached hydrogens (primary N) is 1. The van der Waals surface area contributed by atoms with Crippen LogP contribution in [0, 0.1) is 23.2 Å². The van der Waals surface area contributed by atoms with Crippen molar-refractivity contribution < 1.29 is 9.59 Å². The summed E-state index contributed by atoms with van der Waals surface area (Å²) in [6, 6.07) is 31.9. The highest BCUT2D eigenvalue weighted by Gasteiger charge is 2.51. The molecule has 2 aliphatic heterocycles. The molecule has 16 rings (SSSR count). The molecule has 6 saturated carbocycles. The molecule has 488 valence electrons. The highest BCUT2D eigenvalue weighted by Crippen LogP contribution is 2.52. The number of aromatic nitrogens is 10. The molecule has 8 fully saturated rings. The molecule has 6 aliphatic carbocycles. The van der Waals surface area contributed by atoms with Crippen LogP contribution in [0.2, 0.25) is 0 Å². The maximum absolute atomic E-state index is 12.9. The van der Waals surface area contributed by atoms with Gasteiger partial charge in [-0.05, 0) is 204 Å². The molecule has 2 atom stereocenters. The summed E-state index contributed by atoms with van der Waals surface area (Å²) in [6.07, 6.45) is 22.2. The molecule has 7 heterocycles. The number of imidazole rings is 3. The normalized spacial score (nSPS) is 20.2. The summed E-state index contributed by atoms with van der Waals surface area (Å²) in [7, 11) is 3.66. The van der Waals surface area contributed by atoms with Crippen LogP contribution in [0.15, 0.2) is 126 Å². The smallest absolute Gasteiger partial charge is 0.325 e. The number of hydrogen-bond acceptors (Lipinski definition) is 13. The molecule has 8 aromatic rings. The van der Waals surface area contributed by atoms with E-state index in [0.29, 0.717) is 71.7 Å². The average Bonchev–Trinajstić information content (AvgIpc) is 1.60. The number of carbonyl (C=O) groups excluding carboxylic acids is 2. The van der Waals surface area contributed by atoms with E-state index in [4.69, 9.17) is 25.7 Å². The first-order chi connectivity index (χ1) is 43.4. The number of carbonyl (C=O) groups is 2. The molecule has 4 N–H and O–H groups in total. The van der Waals surface area contributed by atoms with Gasteiger partial charge in [-0.15, -0.1) is 0 Å². The third kappa shape index (κ3) is 13.2. The number of urea groups is 2. The van der Waals surface area contributed by atoms with Gasteiger partial charge in [0.1, 0.15) is 57.3 Å². The lowest BCUT2D eigenvalue weighted by molar-refractivity contribution is 0.228. The van der Waals surface area contributed by atoms with Crippen LogP contribution in [0.5, 0.6) is 0 Å². The van der Waals surface area contributed by atoms with E-state index in [-0.39, 0.29) is 57.5 Å². The van der Waals surface area contributed by atoms with Crippen molar-refractivity contribution in [2.24, 2.45) is 17.6 Å². The van der Waals surface area contributed by atoms with Crippen LogP contribution < -0.4 is 26.2 Å². The molecule has 4 amide bonds. The second-order valence-electron chi connectivity index (χ2n) is 26.8. The van der Waals surface area contributed by atoms with Crippen LogP contribution in [-0.4, -0.2) is 110 Å². The zero-order chi connectivity index (χ0) is 62.4. The van der Waals surface area contributed by atoms with Gasteiger partial charge in [0, 0.05) is 56.6 Å². The van der Waals surface area contributed by atoms with Gasteiger partial charge in [0.05, 0.1) is 40.1 Å². The van der Waals surface area contributed by atoms with Gasteiger partial charge in [-0.25, -0.2) is 34.5 Å². The summed E-state index contributed by atoms with van der Waals surface area (Å²) in [6.45, 7) is 9.86. The summed E-state index contributed by atoms with van der Waals surface area (Å²) in [5.41, 5.74) is 15.8. The molecule has 5 aromatic heterocycles. The fraction of sp³-hybridized carbons (Fsp3) is 0.465. The number of hydrogen-bond donors (Lipinski definition) is 3. The number of nitrogens with one attached hydrogen (secondary N) is 2. The SMILES string of the molecule is C.C.C.CC(C)[C@H]1CN(C)C(=O)N1c1ccnc(NC2(c3ncn(-c4cccc(C5CC5)c4)c3Br)CC2)n1.CC(C)[C@H]1CN(C)C(=O)N1c1ccnc(NC2(c3ncn(-c4cccc(C5CC5)c4)c3C#N)CC2)n1.NC1(c2ncn(-c3cccc(C4CC4)c3)c2Br)CC1. The third-order valence-electron chi connectivity index (χ3n) is 19.2. The minimum atomic E-state index is -0.494. The van der Waals surface area contributed by atoms with Gasteiger partial charge in [0.25, 0.3) is 0 Å². The zero-order valence-corrected chi connectivity index (χ0v) is 54.9. The summed E-state index contributed by atoms with van der Waals surface area (Å²) in [5, 5.41) is 17.1. The summed E-state index contributed by atoms with van der Waals surface area (Å²) >= 11 is 7.48. The number of halogens is 2. The van der Waals surface area contributed by atoms with Gasteiger partial charge in [0.2, 0.25) is 11.9 Å². The van der Waals surface area contributed by atoms with E-state index in [1.807, 2.05) is 43.4 Å². The van der Waals surface area contributed by atoms with Crippen LogP contribution in [0.1, 0.15) is 184 Å². The lowest BCUT2D eigenvalue weighted by atomic mass is 10.0. The number of anilines is 4. The summed E-state index contributed by atoms with van der Waals surface area (Å²) in [4.78, 5) is 65.2. The van der Waals surface area contributed by atoms with Crippen LogP contribution in [-0.2, 0) is 16.6 Å². The Morgan fingerprint density at radius 3 is 1.30 bits per heavy atom. The average molecular weight is 1390 g/mol. The first kappa shape index (κ1) is 66.5. The molecule has 0 spiro atoms. The van der Waals surface area contributed by atoms with Gasteiger partial charge in [0.15, 0.2) is 0 Å². The highest BCUT2D eigenvalue weighted by atomic mass is 79.9. The Morgan fingerprint density at radius 1 is 0.538 bits per heavy atom. The Hall–Kier alpha value is -8.00. The van der Waals surface area contributed by atoms with E-state index in [0.717, 1.165) is 76.4 Å². The minimum Gasteiger partial charge on any atom is -0.343 e. The van der Waals surface area contributed by atoms with Crippen molar-refractivity contribution in [3.05, 3.63) is 165 Å². The molecule has 0 unspecified atom stereocenters. The summed E-state index contributed by atoms with van der Waals surface area (Å²) in [5.74, 6) is 4.89. The molecule has 0 bridgehead atoms. The Bertz CT molecular complexity index is 4090. The standard InChI is InChI=1S/C27H30N8O.C26H30BrN7O.C15H16BrN3.3CH4/c1-17(2)22-15-33(3)26(36)35(22)23-9-12-29-25(31-23)32-27(10-11-27)24-21(14-28)34(16-30-24)20-6-4-5-19(13-20)18-7-8-18;1-16(2)20-14-32(3)25(35)34(20)21-9-12-28-24(30-21)31-26(10-11-26)22-23(27)33(15-29-22)19-6-4-5-18(13-19)17-7-8-17;16-14-13(15(17)6-7-15)18-9-19(14)12-3-1-2-11(8-12)10-4-5-10;;;/h4-6,9,12-13,16-18,22H,7-8,10-11,15H2,1-3H3,(H,29,31,32);4-6,9,12-13,15-17,20H,7-8,10-11,14H2,1-3H3,(H,28,30,31);1-3,8-10H,4-7,17H2;3*1H4/t22-;20-;;;;/m11..../s1. The lowest BCUT2D eigenvalue weighted by Crippen LogP contribution is -2.38. The van der Waals surface area contributed by atoms with Crippen molar-refractivity contribution in [3.8, 4) is 23.1 Å². The predicted octanol–water partition coefficient (Wildman–Crippen LogP) is 15.1. The molecule has 2 saturated heterocycles. The second-order valence-corrected chi connectivity index (χ2v) is 28.3. The van der Waals surface area contributed by atoms with Crippen molar-refractivity contribution >= 4 is 67.5 Å². The number of rotatable bonds is 17. The van der Waals surface area contributed by atoms with Gasteiger partial charge in [-0.3, -0.25) is 23.5 Å². The molecule has 22 heteroatoms. The van der Waals surface area contributed by atoms with Crippen LogP contribution in [0.3, 0.4) is 0 Å². The van der Waals surface area contributed by atoms with E-state index >= 15 is 0 Å². The van der Waals surface area contributed by atoms with Crippen molar-refractivity contribution in [2.45, 2.75) is 173 Å². The van der Waals surface area contributed by atoms with Crippen molar-refractivity contribution in [1.82, 2.24) is 58.4 Å². The Balaban J connectivity index is 0.000000146.